The molecule has 0 radical (unpaired) electrons. The van der Waals surface area contributed by atoms with Gasteiger partial charge in [-0.15, -0.1) is 0 Å². The number of carbonyl (C=O) groups is 1. The molecule has 1 amide bonds. The van der Waals surface area contributed by atoms with Gasteiger partial charge in [-0.1, -0.05) is 23.8 Å². The lowest BCUT2D eigenvalue weighted by Gasteiger charge is -2.27. The molecule has 3 aromatic rings. The summed E-state index contributed by atoms with van der Waals surface area (Å²) in [7, 11) is 5.35. The summed E-state index contributed by atoms with van der Waals surface area (Å²) in [5.41, 5.74) is 9.00. The van der Waals surface area contributed by atoms with Gasteiger partial charge in [-0.05, 0) is 68.2 Å². The Morgan fingerprint density at radius 2 is 1.95 bits per heavy atom. The second kappa shape index (κ2) is 11.6. The fourth-order valence-corrected chi connectivity index (χ4v) is 4.95. The Morgan fingerprint density at radius 1 is 1.16 bits per heavy atom. The maximum Gasteiger partial charge on any atom is 0.257 e. The largest absolute Gasteiger partial charge is 0.388 e. The van der Waals surface area contributed by atoms with Crippen LogP contribution in [-0.2, 0) is 0 Å². The zero-order chi connectivity index (χ0) is 27.4. The zero-order valence-corrected chi connectivity index (χ0v) is 23.2. The van der Waals surface area contributed by atoms with Crippen molar-refractivity contribution in [1.29, 1.82) is 0 Å². The molecular formula is C31H37N5O2. The number of pyridine rings is 2. The summed E-state index contributed by atoms with van der Waals surface area (Å²) in [6.45, 7) is 8.84. The smallest absolute Gasteiger partial charge is 0.257 e. The highest BCUT2D eigenvalue weighted by atomic mass is 16.2. The van der Waals surface area contributed by atoms with Gasteiger partial charge in [0.05, 0.1) is 5.69 Å². The maximum absolute atomic E-state index is 12.8. The van der Waals surface area contributed by atoms with Crippen molar-refractivity contribution >= 4 is 23.2 Å². The van der Waals surface area contributed by atoms with E-state index >= 15 is 0 Å². The Bertz CT molecular complexity index is 1470. The summed E-state index contributed by atoms with van der Waals surface area (Å²) < 4.78 is 1.67. The van der Waals surface area contributed by atoms with E-state index in [-0.39, 0.29) is 11.5 Å². The summed E-state index contributed by atoms with van der Waals surface area (Å²) in [5.74, 6) is 0.0255. The number of hydrogen-bond acceptors (Lipinski definition) is 5. The summed E-state index contributed by atoms with van der Waals surface area (Å²) in [6, 6.07) is 11.4. The van der Waals surface area contributed by atoms with Crippen molar-refractivity contribution < 1.29 is 4.79 Å². The number of anilines is 1. The minimum Gasteiger partial charge on any atom is -0.388 e. The predicted molar refractivity (Wildman–Crippen MR) is 156 cm³/mol. The number of nitrogens with zero attached hydrogens (tertiary/aromatic N) is 4. The quantitative estimate of drug-likeness (QED) is 0.494. The number of hydrogen-bond donors (Lipinski definition) is 1. The van der Waals surface area contributed by atoms with E-state index in [0.29, 0.717) is 0 Å². The van der Waals surface area contributed by atoms with Gasteiger partial charge in [0.2, 0.25) is 0 Å². The third-order valence-electron chi connectivity index (χ3n) is 7.02. The summed E-state index contributed by atoms with van der Waals surface area (Å²) in [5, 5.41) is 3.01. The van der Waals surface area contributed by atoms with E-state index in [1.807, 2.05) is 31.2 Å². The summed E-state index contributed by atoms with van der Waals surface area (Å²) in [4.78, 5) is 33.6. The highest BCUT2D eigenvalue weighted by Gasteiger charge is 2.17. The lowest BCUT2D eigenvalue weighted by molar-refractivity contribution is 0.0827. The van der Waals surface area contributed by atoms with E-state index in [4.69, 9.17) is 0 Å². The van der Waals surface area contributed by atoms with Gasteiger partial charge in [-0.2, -0.15) is 0 Å². The number of nitrogens with one attached hydrogen (secondary N) is 1. The van der Waals surface area contributed by atoms with Crippen LogP contribution in [0.15, 0.2) is 65.2 Å². The molecule has 0 unspecified atom stereocenters. The molecule has 0 saturated carbocycles. The molecule has 198 valence electrons. The van der Waals surface area contributed by atoms with Crippen molar-refractivity contribution in [2.75, 3.05) is 46.1 Å². The first-order valence-electron chi connectivity index (χ1n) is 13.0. The van der Waals surface area contributed by atoms with Crippen LogP contribution < -0.4 is 10.9 Å². The van der Waals surface area contributed by atoms with Crippen LogP contribution in [0.25, 0.3) is 17.3 Å². The van der Waals surface area contributed by atoms with E-state index in [0.717, 1.165) is 59.8 Å². The van der Waals surface area contributed by atoms with Crippen LogP contribution in [-0.4, -0.2) is 66.0 Å². The van der Waals surface area contributed by atoms with Gasteiger partial charge < -0.3 is 10.2 Å². The van der Waals surface area contributed by atoms with Crippen molar-refractivity contribution in [2.45, 2.75) is 27.2 Å². The van der Waals surface area contributed by atoms with Crippen molar-refractivity contribution in [3.05, 3.63) is 98.7 Å². The molecule has 0 bridgehead atoms. The Kier molecular flexibility index (Phi) is 8.27. The zero-order valence-electron chi connectivity index (χ0n) is 23.2. The van der Waals surface area contributed by atoms with Crippen LogP contribution in [0.4, 0.5) is 5.69 Å². The molecule has 0 aliphatic carbocycles. The second-order valence-electron chi connectivity index (χ2n) is 10.1. The molecule has 7 heteroatoms. The standard InChI is InChI=1S/C31H37N5O2/c1-21(17-28-23(3)33-13-9-29(28)36-16-12-26(32-4)19-30(36)37)20-35-14-10-24(11-15-35)27-8-7-25(18-22(27)2)31(38)34(5)6/h7-10,12-13,16-19,32H,11,14-15,20H2,1-6H3/b21-17+. The highest BCUT2D eigenvalue weighted by molar-refractivity contribution is 5.94. The number of benzene rings is 1. The van der Waals surface area contributed by atoms with Gasteiger partial charge in [0, 0.05) is 81.7 Å². The average molecular weight is 512 g/mol. The Labute approximate surface area is 225 Å². The Morgan fingerprint density at radius 3 is 2.58 bits per heavy atom. The number of aromatic nitrogens is 2. The summed E-state index contributed by atoms with van der Waals surface area (Å²) in [6.07, 6.45) is 8.96. The second-order valence-corrected chi connectivity index (χ2v) is 10.1. The van der Waals surface area contributed by atoms with E-state index in [9.17, 15) is 9.59 Å². The molecule has 2 aromatic heterocycles. The highest BCUT2D eigenvalue weighted by Crippen LogP contribution is 2.27. The van der Waals surface area contributed by atoms with E-state index in [1.165, 1.54) is 16.7 Å². The first-order valence-corrected chi connectivity index (χ1v) is 13.0. The third kappa shape index (κ3) is 5.94. The lowest BCUT2D eigenvalue weighted by atomic mass is 9.93. The molecule has 3 heterocycles. The number of rotatable bonds is 7. The van der Waals surface area contributed by atoms with Crippen LogP contribution in [0.1, 0.15) is 46.1 Å². The minimum atomic E-state index is -0.0853. The minimum absolute atomic E-state index is 0.0255. The van der Waals surface area contributed by atoms with Crippen molar-refractivity contribution in [1.82, 2.24) is 19.4 Å². The van der Waals surface area contributed by atoms with Gasteiger partial charge >= 0.3 is 0 Å². The van der Waals surface area contributed by atoms with Crippen LogP contribution in [0.5, 0.6) is 0 Å². The number of aryl methyl sites for hydroxylation is 2. The van der Waals surface area contributed by atoms with Crippen LogP contribution in [0.2, 0.25) is 0 Å². The number of carbonyl (C=O) groups excluding carboxylic acids is 1. The predicted octanol–water partition coefficient (Wildman–Crippen LogP) is 4.79. The van der Waals surface area contributed by atoms with E-state index < -0.39 is 0 Å². The average Bonchev–Trinajstić information content (AvgIpc) is 2.90. The van der Waals surface area contributed by atoms with Gasteiger partial charge in [0.15, 0.2) is 0 Å². The Balaban J connectivity index is 1.50. The SMILES string of the molecule is CNc1ccn(-c2ccnc(C)c2/C=C(\C)CN2CC=C(c3ccc(C(=O)N(C)C)cc3C)CC2)c(=O)c1. The number of amides is 1. The third-order valence-corrected chi connectivity index (χ3v) is 7.02. The van der Waals surface area contributed by atoms with Gasteiger partial charge in [0.1, 0.15) is 0 Å². The molecule has 0 spiro atoms. The molecule has 0 atom stereocenters. The molecule has 1 N–H and O–H groups in total. The van der Waals surface area contributed by atoms with E-state index in [1.54, 1.807) is 49.1 Å². The molecule has 1 aliphatic rings. The molecule has 0 saturated heterocycles. The van der Waals surface area contributed by atoms with Crippen molar-refractivity contribution in [3.63, 3.8) is 0 Å². The summed E-state index contributed by atoms with van der Waals surface area (Å²) >= 11 is 0. The molecule has 1 aromatic carbocycles. The van der Waals surface area contributed by atoms with Gasteiger partial charge in [-0.25, -0.2) is 0 Å². The normalized spacial score (nSPS) is 14.3. The monoisotopic (exact) mass is 511 g/mol. The van der Waals surface area contributed by atoms with Crippen LogP contribution in [0, 0.1) is 13.8 Å². The molecule has 7 nitrogen and oxygen atoms in total. The fraction of sp³-hybridized carbons (Fsp3) is 0.323. The Hall–Kier alpha value is -3.97. The van der Waals surface area contributed by atoms with Gasteiger partial charge in [0.25, 0.3) is 11.5 Å². The lowest BCUT2D eigenvalue weighted by Crippen LogP contribution is -2.30. The topological polar surface area (TPSA) is 70.5 Å². The molecule has 4 rings (SSSR count). The van der Waals surface area contributed by atoms with E-state index in [2.05, 4.69) is 47.3 Å². The molecule has 38 heavy (non-hydrogen) atoms. The first-order chi connectivity index (χ1) is 18.2. The van der Waals surface area contributed by atoms with Crippen molar-refractivity contribution in [2.24, 2.45) is 0 Å². The first kappa shape index (κ1) is 27.1. The van der Waals surface area contributed by atoms with Crippen LogP contribution in [0.3, 0.4) is 0 Å². The van der Waals surface area contributed by atoms with Crippen LogP contribution >= 0.6 is 0 Å². The molecular weight excluding hydrogens is 474 g/mol. The fourth-order valence-electron chi connectivity index (χ4n) is 4.95. The van der Waals surface area contributed by atoms with Crippen molar-refractivity contribution in [3.8, 4) is 5.69 Å². The van der Waals surface area contributed by atoms with Gasteiger partial charge in [-0.3, -0.25) is 24.0 Å². The molecule has 0 fully saturated rings. The maximum atomic E-state index is 12.8. The molecule has 1 aliphatic heterocycles.